The van der Waals surface area contributed by atoms with E-state index < -0.39 is 84.2 Å². The van der Waals surface area contributed by atoms with Crippen LogP contribution in [0.15, 0.2) is 60.9 Å². The van der Waals surface area contributed by atoms with Crippen LogP contribution in [0.2, 0.25) is 0 Å². The quantitative estimate of drug-likeness (QED) is 0.0143. The van der Waals surface area contributed by atoms with Crippen LogP contribution < -0.4 is 64.6 Å². The van der Waals surface area contributed by atoms with E-state index in [2.05, 4.69) is 68.5 Å². The van der Waals surface area contributed by atoms with Crippen molar-refractivity contribution in [1.82, 2.24) is 73.1 Å². The Morgan fingerprint density at radius 3 is 2.22 bits per heavy atom. The first-order chi connectivity index (χ1) is 42.9. The lowest BCUT2D eigenvalue weighted by molar-refractivity contribution is -0.135. The van der Waals surface area contributed by atoms with E-state index in [9.17, 15) is 48.3 Å². The number of para-hydroxylation sites is 1. The standard InChI is InChI=1S/C58H83N17O13S/c1-34-52(80)69-43(27-35-15-17-38(76)18-16-35)54(82)67-41(51(59)79)11-6-7-21-75-31-37(73-74-75)29-45(56(84)70-44(28-36-30-64-40-10-3-2-9-39(36)40)55(83)68-42(53(81)65-34)12-8-19-63-57(60)61)66-49(78)32-88-26-25-87-24-23-86-22-20-62-48(77)14-5-4-13-47-50-46(33-89-47)71-58(85)72-50/h2-3,9-10,15-18,30-31,34,41-47,50,64,76H,4-8,11-14,19-29,32-33H2,1H3,(H2,59,79)(H,62,77)(H,65,81)(H,66,78)(H,67,82)(H,68,83)(H,69,80)(H,70,84)(H4,60,61,63)(H2,71,72,85)/t34-,41+,42-,43-,44-,45+,46-,47-,50-/m1/s1. The van der Waals surface area contributed by atoms with Crippen molar-refractivity contribution in [2.45, 2.75) is 144 Å². The average molecular weight is 1260 g/mol. The first-order valence-electron chi connectivity index (χ1n) is 30.0. The van der Waals surface area contributed by atoms with Crippen LogP contribution in [-0.4, -0.2) is 196 Å². The predicted molar refractivity (Wildman–Crippen MR) is 326 cm³/mol. The second kappa shape index (κ2) is 34.9. The van der Waals surface area contributed by atoms with Gasteiger partial charge in [-0.05, 0) is 81.2 Å². The number of carbonyl (C=O) groups is 9. The molecule has 7 rings (SSSR count). The third kappa shape index (κ3) is 22.2. The summed E-state index contributed by atoms with van der Waals surface area (Å²) in [6, 6.07) is 5.57. The number of urea groups is 1. The molecule has 2 saturated heterocycles. The first kappa shape index (κ1) is 67.9. The van der Waals surface area contributed by atoms with Crippen molar-refractivity contribution < 1.29 is 62.5 Å². The minimum atomic E-state index is -1.39. The van der Waals surface area contributed by atoms with E-state index in [1.165, 1.54) is 23.7 Å². The average Bonchev–Trinajstić information content (AvgIpc) is 2.79. The number of aryl methyl sites for hydroxylation is 1. The fourth-order valence-electron chi connectivity index (χ4n) is 10.4. The summed E-state index contributed by atoms with van der Waals surface area (Å²) in [4.78, 5) is 125. The number of thioether (sulfide) groups is 1. The van der Waals surface area contributed by atoms with Crippen molar-refractivity contribution in [3.05, 3.63) is 77.7 Å². The minimum absolute atomic E-state index is 0.00480. The molecule has 2 bridgehead atoms. The number of hydrogen-bond acceptors (Lipinski definition) is 17. The second-order valence-corrected chi connectivity index (χ2v) is 23.4. The zero-order chi connectivity index (χ0) is 63.7. The Labute approximate surface area is 518 Å². The van der Waals surface area contributed by atoms with Gasteiger partial charge in [0.2, 0.25) is 47.3 Å². The van der Waals surface area contributed by atoms with Crippen molar-refractivity contribution in [3.63, 3.8) is 0 Å². The van der Waals surface area contributed by atoms with Crippen LogP contribution in [0.5, 0.6) is 5.75 Å². The third-order valence-electron chi connectivity index (χ3n) is 15.2. The number of nitrogens with zero attached hydrogens (tertiary/aromatic N) is 3. The molecule has 2 aromatic heterocycles. The zero-order valence-corrected chi connectivity index (χ0v) is 50.6. The molecule has 3 aliphatic heterocycles. The van der Waals surface area contributed by atoms with Gasteiger partial charge in [-0.2, -0.15) is 11.8 Å². The maximum atomic E-state index is 14.8. The van der Waals surface area contributed by atoms with E-state index in [-0.39, 0.29) is 126 Å². The molecule has 0 unspecified atom stereocenters. The lowest BCUT2D eigenvalue weighted by Gasteiger charge is -2.27. The molecule has 31 heteroatoms. The number of benzene rings is 2. The van der Waals surface area contributed by atoms with Gasteiger partial charge in [-0.1, -0.05) is 42.0 Å². The fraction of sp³-hybridized carbons (Fsp3) is 0.552. The molecule has 0 aliphatic carbocycles. The zero-order valence-electron chi connectivity index (χ0n) is 49.8. The van der Waals surface area contributed by atoms with Gasteiger partial charge in [0.25, 0.3) is 0 Å². The molecule has 4 aromatic rings. The Hall–Kier alpha value is -8.55. The molecular formula is C58H83N17O13S. The van der Waals surface area contributed by atoms with Gasteiger partial charge in [-0.25, -0.2) is 4.79 Å². The molecule has 0 spiro atoms. The lowest BCUT2D eigenvalue weighted by atomic mass is 10.0. The number of primary amides is 1. The SMILES string of the molecule is C[C@H]1NC(=O)[C@@H](CCCNC(=N)N)NC(=O)[C@@H](Cc2c[nH]c3ccccc23)NC(=O)[C@@H](NC(=O)COCCOCCOCCNC(=O)CCCC[C@H]2SC[C@H]3NC(=O)N[C@H]32)Cc2cn(nn2)CCCC[C@@H](C(N)=O)NC(=O)[C@@H](Cc2ccc(O)cc2)NC1=O. The predicted octanol–water partition coefficient (Wildman–Crippen LogP) is -1.75. The fourth-order valence-corrected chi connectivity index (χ4v) is 12.0. The summed E-state index contributed by atoms with van der Waals surface area (Å²) in [5.41, 5.74) is 13.5. The first-order valence-corrected chi connectivity index (χ1v) is 31.0. The number of nitrogens with two attached hydrogens (primary N) is 2. The molecule has 2 aromatic carbocycles. The van der Waals surface area contributed by atoms with Crippen LogP contribution >= 0.6 is 11.8 Å². The summed E-state index contributed by atoms with van der Waals surface area (Å²) in [5, 5.41) is 54.8. The van der Waals surface area contributed by atoms with Gasteiger partial charge in [0.05, 0.1) is 50.8 Å². The summed E-state index contributed by atoms with van der Waals surface area (Å²) in [5.74, 6) is -5.01. The Kier molecular flexibility index (Phi) is 26.6. The smallest absolute Gasteiger partial charge is 0.315 e. The number of hydrogen-bond donors (Lipinski definition) is 15. The number of aromatic amines is 1. The highest BCUT2D eigenvalue weighted by molar-refractivity contribution is 8.00. The number of fused-ring (bicyclic) bond motifs is 4. The normalized spacial score (nSPS) is 23.0. The molecule has 10 amide bonds. The topological polar surface area (TPSA) is 444 Å². The molecule has 9 atom stereocenters. The lowest BCUT2D eigenvalue weighted by Crippen LogP contribution is -2.60. The van der Waals surface area contributed by atoms with Crippen LogP contribution in [0.4, 0.5) is 4.79 Å². The Morgan fingerprint density at radius 1 is 0.742 bits per heavy atom. The molecule has 89 heavy (non-hydrogen) atoms. The van der Waals surface area contributed by atoms with Crippen LogP contribution in [0, 0.1) is 5.41 Å². The van der Waals surface area contributed by atoms with Crippen LogP contribution in [0.25, 0.3) is 10.9 Å². The highest BCUT2D eigenvalue weighted by Crippen LogP contribution is 2.33. The Balaban J connectivity index is 0.986. The number of amides is 10. The van der Waals surface area contributed by atoms with E-state index in [1.807, 2.05) is 36.0 Å². The highest BCUT2D eigenvalue weighted by Gasteiger charge is 2.42. The molecular weight excluding hydrogens is 1170 g/mol. The van der Waals surface area contributed by atoms with Gasteiger partial charge in [0.15, 0.2) is 5.96 Å². The summed E-state index contributed by atoms with van der Waals surface area (Å²) in [7, 11) is 0. The molecule has 30 nitrogen and oxygen atoms in total. The van der Waals surface area contributed by atoms with E-state index in [1.54, 1.807) is 24.5 Å². The van der Waals surface area contributed by atoms with E-state index in [0.717, 1.165) is 35.9 Å². The van der Waals surface area contributed by atoms with E-state index in [0.29, 0.717) is 42.2 Å². The summed E-state index contributed by atoms with van der Waals surface area (Å²) in [6.45, 7) is 2.48. The molecule has 0 saturated carbocycles. The van der Waals surface area contributed by atoms with Crippen molar-refractivity contribution in [1.29, 1.82) is 5.41 Å². The monoisotopic (exact) mass is 1260 g/mol. The number of unbranched alkanes of at least 4 members (excludes halogenated alkanes) is 1. The van der Waals surface area contributed by atoms with Crippen molar-refractivity contribution in [2.24, 2.45) is 11.5 Å². The van der Waals surface area contributed by atoms with Gasteiger partial charge in [-0.15, -0.1) is 5.10 Å². The minimum Gasteiger partial charge on any atom is -0.508 e. The van der Waals surface area contributed by atoms with E-state index in [4.69, 9.17) is 31.1 Å². The van der Waals surface area contributed by atoms with Gasteiger partial charge in [0.1, 0.15) is 48.6 Å². The number of ether oxygens (including phenoxy) is 3. The number of carbonyl (C=O) groups excluding carboxylic acids is 9. The summed E-state index contributed by atoms with van der Waals surface area (Å²) in [6.07, 6.45) is 6.85. The molecule has 0 radical (unpaired) electrons. The van der Waals surface area contributed by atoms with Gasteiger partial charge in [-0.3, -0.25) is 48.4 Å². The molecule has 5 heterocycles. The third-order valence-corrected chi connectivity index (χ3v) is 16.7. The Bertz CT molecular complexity index is 3060. The number of nitrogens with one attached hydrogen (secondary N) is 12. The summed E-state index contributed by atoms with van der Waals surface area (Å²) >= 11 is 1.85. The number of aromatic nitrogens is 4. The van der Waals surface area contributed by atoms with Crippen LogP contribution in [0.3, 0.4) is 0 Å². The number of guanidine groups is 1. The largest absolute Gasteiger partial charge is 0.508 e. The summed E-state index contributed by atoms with van der Waals surface area (Å²) < 4.78 is 18.3. The molecule has 17 N–H and O–H groups in total. The van der Waals surface area contributed by atoms with Gasteiger partial charge in [0, 0.05) is 79.6 Å². The van der Waals surface area contributed by atoms with Crippen molar-refractivity contribution in [3.8, 4) is 5.75 Å². The van der Waals surface area contributed by atoms with Crippen molar-refractivity contribution in [2.75, 3.05) is 58.5 Å². The highest BCUT2D eigenvalue weighted by atomic mass is 32.2. The number of H-pyrrole nitrogens is 1. The Morgan fingerprint density at radius 2 is 1.45 bits per heavy atom. The maximum absolute atomic E-state index is 14.8. The number of phenolic OH excluding ortho intramolecular Hbond substituents is 1. The van der Waals surface area contributed by atoms with Crippen LogP contribution in [-0.2, 0) is 78.4 Å². The maximum Gasteiger partial charge on any atom is 0.315 e. The number of phenols is 1. The van der Waals surface area contributed by atoms with Crippen LogP contribution in [0.1, 0.15) is 81.5 Å². The molecule has 484 valence electrons. The van der Waals surface area contributed by atoms with Crippen molar-refractivity contribution >= 4 is 81.9 Å². The number of aromatic hydroxyl groups is 1. The number of rotatable bonds is 26. The second-order valence-electron chi connectivity index (χ2n) is 22.1. The molecule has 2 fully saturated rings. The van der Waals surface area contributed by atoms with E-state index >= 15 is 0 Å². The van der Waals surface area contributed by atoms with Gasteiger partial charge >= 0.3 is 6.03 Å². The molecule has 3 aliphatic rings. The van der Waals surface area contributed by atoms with Gasteiger partial charge < -0.3 is 88.9 Å².